The SMILES string of the molecule is CC(C)c1c(O)cccc1N1CCN(C(=O)c2ccc3ccccc3n2)CC1. The number of carbonyl (C=O) groups is 1. The van der Waals surface area contributed by atoms with Gasteiger partial charge in [-0.1, -0.05) is 44.2 Å². The zero-order valence-corrected chi connectivity index (χ0v) is 16.3. The van der Waals surface area contributed by atoms with E-state index in [0.717, 1.165) is 35.2 Å². The van der Waals surface area contributed by atoms with Crippen molar-refractivity contribution in [1.82, 2.24) is 9.88 Å². The number of benzene rings is 2. The number of anilines is 1. The highest BCUT2D eigenvalue weighted by atomic mass is 16.3. The first kappa shape index (κ1) is 18.3. The van der Waals surface area contributed by atoms with E-state index in [4.69, 9.17) is 0 Å². The summed E-state index contributed by atoms with van der Waals surface area (Å²) in [5.41, 5.74) is 3.37. The summed E-state index contributed by atoms with van der Waals surface area (Å²) in [5, 5.41) is 11.3. The van der Waals surface area contributed by atoms with Gasteiger partial charge in [-0.25, -0.2) is 4.98 Å². The van der Waals surface area contributed by atoms with Crippen molar-refractivity contribution in [3.63, 3.8) is 0 Å². The number of para-hydroxylation sites is 1. The van der Waals surface area contributed by atoms with Crippen molar-refractivity contribution in [2.24, 2.45) is 0 Å². The maximum absolute atomic E-state index is 12.9. The number of phenolic OH excluding ortho intramolecular Hbond substituents is 1. The lowest BCUT2D eigenvalue weighted by Gasteiger charge is -2.37. The Kier molecular flexibility index (Phi) is 4.90. The fourth-order valence-electron chi connectivity index (χ4n) is 3.91. The predicted octanol–water partition coefficient (Wildman–Crippen LogP) is 4.03. The number of hydrogen-bond donors (Lipinski definition) is 1. The lowest BCUT2D eigenvalue weighted by Crippen LogP contribution is -2.49. The van der Waals surface area contributed by atoms with Gasteiger partial charge in [-0.2, -0.15) is 0 Å². The van der Waals surface area contributed by atoms with E-state index in [-0.39, 0.29) is 11.8 Å². The number of amides is 1. The van der Waals surface area contributed by atoms with E-state index in [9.17, 15) is 9.90 Å². The monoisotopic (exact) mass is 375 g/mol. The minimum absolute atomic E-state index is 0.0228. The maximum Gasteiger partial charge on any atom is 0.272 e. The molecular formula is C23H25N3O2. The first-order chi connectivity index (χ1) is 13.5. The van der Waals surface area contributed by atoms with E-state index in [1.807, 2.05) is 47.4 Å². The Morgan fingerprint density at radius 1 is 0.964 bits per heavy atom. The fourth-order valence-corrected chi connectivity index (χ4v) is 3.91. The van der Waals surface area contributed by atoms with Gasteiger partial charge >= 0.3 is 0 Å². The molecule has 1 saturated heterocycles. The van der Waals surface area contributed by atoms with Crippen LogP contribution in [0.25, 0.3) is 10.9 Å². The third-order valence-corrected chi connectivity index (χ3v) is 5.36. The Balaban J connectivity index is 1.49. The van der Waals surface area contributed by atoms with Gasteiger partial charge in [0, 0.05) is 42.8 Å². The average Bonchev–Trinajstić information content (AvgIpc) is 2.72. The Labute approximate surface area is 165 Å². The predicted molar refractivity (Wildman–Crippen MR) is 112 cm³/mol. The summed E-state index contributed by atoms with van der Waals surface area (Å²) in [4.78, 5) is 21.6. The number of rotatable bonds is 3. The molecule has 5 nitrogen and oxygen atoms in total. The molecule has 144 valence electrons. The summed E-state index contributed by atoms with van der Waals surface area (Å²) in [5.74, 6) is 0.550. The molecule has 2 aromatic carbocycles. The standard InChI is InChI=1S/C23H25N3O2/c1-16(2)22-20(8-5-9-21(22)27)25-12-14-26(15-13-25)23(28)19-11-10-17-6-3-4-7-18(17)24-19/h3-11,16,27H,12-15H2,1-2H3. The topological polar surface area (TPSA) is 56.7 Å². The van der Waals surface area contributed by atoms with E-state index >= 15 is 0 Å². The maximum atomic E-state index is 12.9. The van der Waals surface area contributed by atoms with Gasteiger partial charge in [-0.05, 0) is 30.2 Å². The van der Waals surface area contributed by atoms with Crippen LogP contribution >= 0.6 is 0 Å². The number of aromatic hydroxyl groups is 1. The lowest BCUT2D eigenvalue weighted by molar-refractivity contribution is 0.0741. The number of phenols is 1. The van der Waals surface area contributed by atoms with Crippen molar-refractivity contribution in [1.29, 1.82) is 0 Å². The van der Waals surface area contributed by atoms with Crippen LogP contribution in [-0.4, -0.2) is 47.1 Å². The Bertz CT molecular complexity index is 1010. The molecule has 3 aromatic rings. The van der Waals surface area contributed by atoms with Crippen LogP contribution in [0.4, 0.5) is 5.69 Å². The van der Waals surface area contributed by atoms with Crippen molar-refractivity contribution < 1.29 is 9.90 Å². The second-order valence-corrected chi connectivity index (χ2v) is 7.53. The molecule has 0 saturated carbocycles. The summed E-state index contributed by atoms with van der Waals surface area (Å²) in [6, 6.07) is 17.3. The van der Waals surface area contributed by atoms with E-state index in [2.05, 4.69) is 29.8 Å². The molecule has 28 heavy (non-hydrogen) atoms. The number of hydrogen-bond acceptors (Lipinski definition) is 4. The molecule has 5 heteroatoms. The van der Waals surface area contributed by atoms with Gasteiger partial charge in [0.2, 0.25) is 0 Å². The summed E-state index contributed by atoms with van der Waals surface area (Å²) >= 11 is 0. The van der Waals surface area contributed by atoms with Crippen molar-refractivity contribution in [2.75, 3.05) is 31.1 Å². The second-order valence-electron chi connectivity index (χ2n) is 7.53. The largest absolute Gasteiger partial charge is 0.508 e. The molecule has 0 bridgehead atoms. The van der Waals surface area contributed by atoms with Gasteiger partial charge in [0.1, 0.15) is 11.4 Å². The molecule has 1 fully saturated rings. The minimum Gasteiger partial charge on any atom is -0.508 e. The van der Waals surface area contributed by atoms with E-state index in [0.29, 0.717) is 24.5 Å². The first-order valence-corrected chi connectivity index (χ1v) is 9.76. The van der Waals surface area contributed by atoms with Gasteiger partial charge in [0.05, 0.1) is 5.52 Å². The number of fused-ring (bicyclic) bond motifs is 1. The van der Waals surface area contributed by atoms with Crippen LogP contribution < -0.4 is 4.90 Å². The van der Waals surface area contributed by atoms with Crippen LogP contribution in [0.1, 0.15) is 35.8 Å². The van der Waals surface area contributed by atoms with Gasteiger partial charge < -0.3 is 14.9 Å². The van der Waals surface area contributed by atoms with Crippen LogP contribution in [0.3, 0.4) is 0 Å². The lowest BCUT2D eigenvalue weighted by atomic mass is 9.98. The molecule has 0 unspecified atom stereocenters. The Morgan fingerprint density at radius 3 is 2.46 bits per heavy atom. The zero-order chi connectivity index (χ0) is 19.7. The average molecular weight is 375 g/mol. The summed E-state index contributed by atoms with van der Waals surface area (Å²) in [6.45, 7) is 6.93. The molecule has 1 N–H and O–H groups in total. The summed E-state index contributed by atoms with van der Waals surface area (Å²) in [7, 11) is 0. The molecule has 1 aliphatic rings. The highest BCUT2D eigenvalue weighted by Crippen LogP contribution is 2.35. The molecular weight excluding hydrogens is 350 g/mol. The highest BCUT2D eigenvalue weighted by molar-refractivity contribution is 5.95. The zero-order valence-electron chi connectivity index (χ0n) is 16.3. The first-order valence-electron chi connectivity index (χ1n) is 9.76. The number of piperazine rings is 1. The van der Waals surface area contributed by atoms with Crippen LogP contribution in [0, 0.1) is 0 Å². The molecule has 2 heterocycles. The smallest absolute Gasteiger partial charge is 0.272 e. The highest BCUT2D eigenvalue weighted by Gasteiger charge is 2.25. The van der Waals surface area contributed by atoms with Gasteiger partial charge in [0.25, 0.3) is 5.91 Å². The molecule has 1 aliphatic heterocycles. The fraction of sp³-hybridized carbons (Fsp3) is 0.304. The van der Waals surface area contributed by atoms with Crippen molar-refractivity contribution >= 4 is 22.5 Å². The van der Waals surface area contributed by atoms with Gasteiger partial charge in [-0.3, -0.25) is 4.79 Å². The summed E-state index contributed by atoms with van der Waals surface area (Å²) < 4.78 is 0. The van der Waals surface area contributed by atoms with Crippen LogP contribution in [0.5, 0.6) is 5.75 Å². The summed E-state index contributed by atoms with van der Waals surface area (Å²) in [6.07, 6.45) is 0. The second kappa shape index (κ2) is 7.50. The van der Waals surface area contributed by atoms with Crippen molar-refractivity contribution in [3.05, 3.63) is 65.9 Å². The molecule has 1 amide bonds. The van der Waals surface area contributed by atoms with Crippen molar-refractivity contribution in [3.8, 4) is 5.75 Å². The van der Waals surface area contributed by atoms with Gasteiger partial charge in [-0.15, -0.1) is 0 Å². The Hall–Kier alpha value is -3.08. The van der Waals surface area contributed by atoms with Crippen LogP contribution in [-0.2, 0) is 0 Å². The quantitative estimate of drug-likeness (QED) is 0.751. The molecule has 4 rings (SSSR count). The van der Waals surface area contributed by atoms with Crippen LogP contribution in [0.15, 0.2) is 54.6 Å². The number of nitrogens with zero attached hydrogens (tertiary/aromatic N) is 3. The molecule has 0 atom stereocenters. The molecule has 1 aromatic heterocycles. The van der Waals surface area contributed by atoms with Crippen molar-refractivity contribution in [2.45, 2.75) is 19.8 Å². The normalized spacial score (nSPS) is 14.7. The number of pyridine rings is 1. The molecule has 0 radical (unpaired) electrons. The van der Waals surface area contributed by atoms with E-state index < -0.39 is 0 Å². The van der Waals surface area contributed by atoms with Gasteiger partial charge in [0.15, 0.2) is 0 Å². The Morgan fingerprint density at radius 2 is 1.71 bits per heavy atom. The molecule has 0 aliphatic carbocycles. The number of carbonyl (C=O) groups excluding carboxylic acids is 1. The minimum atomic E-state index is -0.0228. The third kappa shape index (κ3) is 3.40. The van der Waals surface area contributed by atoms with E-state index in [1.165, 1.54) is 0 Å². The molecule has 0 spiro atoms. The van der Waals surface area contributed by atoms with Crippen LogP contribution in [0.2, 0.25) is 0 Å². The van der Waals surface area contributed by atoms with E-state index in [1.54, 1.807) is 6.07 Å². The third-order valence-electron chi connectivity index (χ3n) is 5.36. The number of aromatic nitrogens is 1.